The zero-order valence-corrected chi connectivity index (χ0v) is 19.0. The van der Waals surface area contributed by atoms with E-state index in [1.54, 1.807) is 19.4 Å². The largest absolute Gasteiger partial charge is 0.392 e. The lowest BCUT2D eigenvalue weighted by molar-refractivity contribution is 0.0997. The Kier molecular flexibility index (Phi) is 7.13. The smallest absolute Gasteiger partial charge is 0.119 e. The molecule has 3 heteroatoms. The van der Waals surface area contributed by atoms with Crippen molar-refractivity contribution < 1.29 is 15.3 Å². The van der Waals surface area contributed by atoms with Crippen LogP contribution in [0.25, 0.3) is 6.08 Å². The number of allylic oxidation sites excluding steroid dienone is 1. The van der Waals surface area contributed by atoms with Gasteiger partial charge in [-0.1, -0.05) is 43.5 Å². The van der Waals surface area contributed by atoms with Gasteiger partial charge in [-0.2, -0.15) is 0 Å². The fraction of sp³-hybridized carbons (Fsp3) is 0.630. The molecule has 30 heavy (non-hydrogen) atoms. The first-order chi connectivity index (χ1) is 14.2. The summed E-state index contributed by atoms with van der Waals surface area (Å²) in [4.78, 5) is 0. The number of aliphatic hydroxyl groups is 3. The average Bonchev–Trinajstić information content (AvgIpc) is 3.05. The molecule has 0 bridgehead atoms. The summed E-state index contributed by atoms with van der Waals surface area (Å²) in [5.41, 5.74) is 3.68. The third-order valence-corrected chi connectivity index (χ3v) is 7.47. The summed E-state index contributed by atoms with van der Waals surface area (Å²) in [5, 5.41) is 29.0. The average molecular weight is 411 g/mol. The molecule has 3 N–H and O–H groups in total. The van der Waals surface area contributed by atoms with Crippen molar-refractivity contribution in [2.45, 2.75) is 85.0 Å². The Morgan fingerprint density at radius 2 is 1.93 bits per heavy atom. The highest BCUT2D eigenvalue weighted by molar-refractivity contribution is 5.56. The molecule has 2 aliphatic rings. The van der Waals surface area contributed by atoms with E-state index in [-0.39, 0.29) is 13.2 Å². The van der Waals surface area contributed by atoms with Gasteiger partial charge >= 0.3 is 0 Å². The van der Waals surface area contributed by atoms with E-state index in [1.165, 1.54) is 25.7 Å². The zero-order chi connectivity index (χ0) is 21.9. The maximum Gasteiger partial charge on any atom is 0.119 e. The fourth-order valence-electron chi connectivity index (χ4n) is 6.01. The minimum atomic E-state index is -0.915. The molecule has 0 amide bonds. The van der Waals surface area contributed by atoms with E-state index in [0.29, 0.717) is 23.2 Å². The van der Waals surface area contributed by atoms with Crippen LogP contribution in [0.4, 0.5) is 0 Å². The van der Waals surface area contributed by atoms with Crippen molar-refractivity contribution in [3.63, 3.8) is 0 Å². The third-order valence-electron chi connectivity index (χ3n) is 7.47. The Morgan fingerprint density at radius 1 is 1.20 bits per heavy atom. The van der Waals surface area contributed by atoms with Crippen molar-refractivity contribution in [1.82, 2.24) is 0 Å². The van der Waals surface area contributed by atoms with Crippen LogP contribution in [-0.4, -0.2) is 20.9 Å². The van der Waals surface area contributed by atoms with E-state index in [0.717, 1.165) is 29.5 Å². The maximum absolute atomic E-state index is 9.87. The normalized spacial score (nSPS) is 28.7. The van der Waals surface area contributed by atoms with Gasteiger partial charge in [-0.15, -0.1) is 5.92 Å². The molecule has 2 aliphatic carbocycles. The Balaban J connectivity index is 1.80. The van der Waals surface area contributed by atoms with Gasteiger partial charge in [0.05, 0.1) is 13.2 Å². The molecule has 2 saturated carbocycles. The standard InChI is InChI=1S/C27H38O3/c1-19(7-5-13-26(2,3)30)24-11-12-25-21(8-6-14-27(24,25)4)15-20-9-10-22(17-28)23(16-20)18-29/h9-10,15-16,19,24-25,28-30H,6-8,11-12,14,17-18H2,1-4H3/b21-15+/t19-,24-,25+,27-/m1/s1. The second-order valence-electron chi connectivity index (χ2n) is 10.2. The highest BCUT2D eigenvalue weighted by Gasteiger charge is 2.50. The minimum absolute atomic E-state index is 0.0383. The highest BCUT2D eigenvalue weighted by Crippen LogP contribution is 2.60. The van der Waals surface area contributed by atoms with Gasteiger partial charge < -0.3 is 15.3 Å². The van der Waals surface area contributed by atoms with Crippen LogP contribution in [0.1, 0.15) is 82.9 Å². The SMILES string of the molecule is C[C@H](CC#CC(C)(C)O)[C@H]1CC[C@H]2/C(=C/c3ccc(CO)c(CO)c3)CCC[C@]12C. The molecule has 3 nitrogen and oxygen atoms in total. The molecule has 164 valence electrons. The topological polar surface area (TPSA) is 60.7 Å². The Hall–Kier alpha value is -1.60. The van der Waals surface area contributed by atoms with Crippen molar-refractivity contribution in [2.24, 2.45) is 23.2 Å². The molecule has 0 aliphatic heterocycles. The van der Waals surface area contributed by atoms with Crippen molar-refractivity contribution in [1.29, 1.82) is 0 Å². The Bertz CT molecular complexity index is 836. The lowest BCUT2D eigenvalue weighted by Gasteiger charge is -2.44. The van der Waals surface area contributed by atoms with Crippen LogP contribution in [0, 0.1) is 35.0 Å². The molecule has 0 unspecified atom stereocenters. The van der Waals surface area contributed by atoms with E-state index < -0.39 is 5.60 Å². The third kappa shape index (κ3) is 4.99. The van der Waals surface area contributed by atoms with Gasteiger partial charge in [0.1, 0.15) is 5.60 Å². The fourth-order valence-corrected chi connectivity index (χ4v) is 6.01. The summed E-state index contributed by atoms with van der Waals surface area (Å²) in [5.74, 6) is 8.00. The second-order valence-corrected chi connectivity index (χ2v) is 10.2. The van der Waals surface area contributed by atoms with Crippen molar-refractivity contribution >= 4 is 6.08 Å². The number of aliphatic hydroxyl groups excluding tert-OH is 2. The van der Waals surface area contributed by atoms with E-state index in [2.05, 4.69) is 37.8 Å². The lowest BCUT2D eigenvalue weighted by atomic mass is 9.61. The molecule has 0 heterocycles. The molecule has 2 fully saturated rings. The van der Waals surface area contributed by atoms with Gasteiger partial charge in [-0.3, -0.25) is 0 Å². The Labute approximate surface area is 182 Å². The van der Waals surface area contributed by atoms with E-state index in [4.69, 9.17) is 0 Å². The molecular formula is C27H38O3. The summed E-state index contributed by atoms with van der Waals surface area (Å²) < 4.78 is 0. The second kappa shape index (κ2) is 9.27. The predicted molar refractivity (Wildman–Crippen MR) is 122 cm³/mol. The van der Waals surface area contributed by atoms with Crippen LogP contribution in [0.2, 0.25) is 0 Å². The highest BCUT2D eigenvalue weighted by atomic mass is 16.3. The molecule has 0 spiro atoms. The Morgan fingerprint density at radius 3 is 2.60 bits per heavy atom. The maximum atomic E-state index is 9.87. The van der Waals surface area contributed by atoms with Crippen LogP contribution in [0.15, 0.2) is 23.8 Å². The first-order valence-electron chi connectivity index (χ1n) is 11.4. The van der Waals surface area contributed by atoms with Gasteiger partial charge in [-0.05, 0) is 91.9 Å². The number of fused-ring (bicyclic) bond motifs is 1. The molecular weight excluding hydrogens is 372 g/mol. The summed E-state index contributed by atoms with van der Waals surface area (Å²) >= 11 is 0. The monoisotopic (exact) mass is 410 g/mol. The summed E-state index contributed by atoms with van der Waals surface area (Å²) in [6, 6.07) is 6.01. The van der Waals surface area contributed by atoms with Gasteiger partial charge in [0, 0.05) is 6.42 Å². The molecule has 3 rings (SSSR count). The summed E-state index contributed by atoms with van der Waals surface area (Å²) in [6.07, 6.45) is 9.30. The van der Waals surface area contributed by atoms with Gasteiger partial charge in [0.2, 0.25) is 0 Å². The molecule has 1 aromatic rings. The van der Waals surface area contributed by atoms with Crippen LogP contribution < -0.4 is 0 Å². The molecule has 1 aromatic carbocycles. The number of hydrogen-bond donors (Lipinski definition) is 3. The van der Waals surface area contributed by atoms with Crippen molar-refractivity contribution in [2.75, 3.05) is 0 Å². The van der Waals surface area contributed by atoms with Gasteiger partial charge in [0.25, 0.3) is 0 Å². The van der Waals surface area contributed by atoms with Crippen molar-refractivity contribution in [3.05, 3.63) is 40.5 Å². The lowest BCUT2D eigenvalue weighted by Crippen LogP contribution is -2.35. The van der Waals surface area contributed by atoms with E-state index in [1.807, 2.05) is 12.1 Å². The molecule has 0 saturated heterocycles. The van der Waals surface area contributed by atoms with Gasteiger partial charge in [-0.25, -0.2) is 0 Å². The molecule has 0 aromatic heterocycles. The summed E-state index contributed by atoms with van der Waals surface area (Å²) in [7, 11) is 0. The van der Waals surface area contributed by atoms with Crippen LogP contribution in [0.3, 0.4) is 0 Å². The zero-order valence-electron chi connectivity index (χ0n) is 19.0. The van der Waals surface area contributed by atoms with Crippen LogP contribution in [-0.2, 0) is 13.2 Å². The number of benzene rings is 1. The number of rotatable bonds is 5. The summed E-state index contributed by atoms with van der Waals surface area (Å²) in [6.45, 7) is 8.21. The predicted octanol–water partition coefficient (Wildman–Crippen LogP) is 5.07. The minimum Gasteiger partial charge on any atom is -0.392 e. The number of hydrogen-bond acceptors (Lipinski definition) is 3. The quantitative estimate of drug-likeness (QED) is 0.594. The van der Waals surface area contributed by atoms with Crippen molar-refractivity contribution in [3.8, 4) is 11.8 Å². The molecule has 0 radical (unpaired) electrons. The molecule has 4 atom stereocenters. The first-order valence-corrected chi connectivity index (χ1v) is 11.4. The van der Waals surface area contributed by atoms with E-state index >= 15 is 0 Å². The van der Waals surface area contributed by atoms with Gasteiger partial charge in [0.15, 0.2) is 0 Å². The van der Waals surface area contributed by atoms with E-state index in [9.17, 15) is 15.3 Å². The van der Waals surface area contributed by atoms with Crippen LogP contribution in [0.5, 0.6) is 0 Å². The van der Waals surface area contributed by atoms with Crippen LogP contribution >= 0.6 is 0 Å². The first kappa shape index (κ1) is 23.1.